The Morgan fingerprint density at radius 1 is 1.21 bits per heavy atom. The van der Waals surface area contributed by atoms with Crippen molar-refractivity contribution in [2.24, 2.45) is 0 Å². The van der Waals surface area contributed by atoms with Gasteiger partial charge in [-0.25, -0.2) is 4.39 Å². The number of aromatic nitrogens is 2. The molecule has 1 aliphatic rings. The third-order valence-electron chi connectivity index (χ3n) is 4.89. The van der Waals surface area contributed by atoms with Crippen LogP contribution in [0.25, 0.3) is 11.3 Å². The number of rotatable bonds is 4. The van der Waals surface area contributed by atoms with E-state index < -0.39 is 0 Å². The molecule has 4 rings (SSSR count). The van der Waals surface area contributed by atoms with Gasteiger partial charge in [-0.15, -0.1) is 0 Å². The predicted octanol–water partition coefficient (Wildman–Crippen LogP) is 4.38. The van der Waals surface area contributed by atoms with Crippen molar-refractivity contribution < 1.29 is 9.18 Å². The van der Waals surface area contributed by atoms with Crippen LogP contribution in [0.15, 0.2) is 59.1 Å². The Morgan fingerprint density at radius 3 is 2.82 bits per heavy atom. The molecule has 1 fully saturated rings. The molecule has 5 nitrogen and oxygen atoms in total. The molecule has 1 unspecified atom stereocenters. The Balaban J connectivity index is 1.42. The van der Waals surface area contributed by atoms with Gasteiger partial charge in [0, 0.05) is 35.2 Å². The molecule has 1 aromatic heterocycles. The highest BCUT2D eigenvalue weighted by molar-refractivity contribution is 9.10. The molecule has 144 valence electrons. The molecule has 2 N–H and O–H groups in total. The summed E-state index contributed by atoms with van der Waals surface area (Å²) in [6.07, 6.45) is 1.91. The summed E-state index contributed by atoms with van der Waals surface area (Å²) in [5.74, 6) is 0.506. The minimum absolute atomic E-state index is 0.0613. The molecule has 2 aromatic carbocycles. The molecule has 1 atom stereocenters. The number of benzene rings is 2. The summed E-state index contributed by atoms with van der Waals surface area (Å²) in [6, 6.07) is 15.7. The van der Waals surface area contributed by atoms with Gasteiger partial charge in [0.05, 0.1) is 5.69 Å². The number of amides is 1. The lowest BCUT2D eigenvalue weighted by Gasteiger charge is -2.33. The van der Waals surface area contributed by atoms with E-state index in [2.05, 4.69) is 36.3 Å². The molecule has 28 heavy (non-hydrogen) atoms. The number of hydrogen-bond donors (Lipinski definition) is 2. The van der Waals surface area contributed by atoms with E-state index in [-0.39, 0.29) is 17.8 Å². The Kier molecular flexibility index (Phi) is 5.43. The normalized spacial score (nSPS) is 16.8. The second-order valence-corrected chi connectivity index (χ2v) is 7.83. The standard InChI is InChI=1S/C21H20BrFN4O/c22-16-4-1-3-15(11-16)21(28)24-18-5-2-10-27(13-18)20-12-19(25-26-20)14-6-8-17(23)9-7-14/h1,3-4,6-9,11-12,18H,2,5,10,13H2,(H,24,28)(H,25,26). The minimum Gasteiger partial charge on any atom is -0.353 e. The van der Waals surface area contributed by atoms with E-state index in [1.54, 1.807) is 12.1 Å². The van der Waals surface area contributed by atoms with E-state index in [0.29, 0.717) is 12.1 Å². The van der Waals surface area contributed by atoms with Crippen LogP contribution in [0, 0.1) is 5.82 Å². The average molecular weight is 443 g/mol. The summed E-state index contributed by atoms with van der Waals surface area (Å²) < 4.78 is 14.0. The Labute approximate surface area is 171 Å². The summed E-state index contributed by atoms with van der Waals surface area (Å²) in [5.41, 5.74) is 2.37. The number of piperidine rings is 1. The zero-order chi connectivity index (χ0) is 19.5. The summed E-state index contributed by atoms with van der Waals surface area (Å²) in [4.78, 5) is 14.7. The van der Waals surface area contributed by atoms with Gasteiger partial charge in [-0.05, 0) is 60.9 Å². The van der Waals surface area contributed by atoms with Gasteiger partial charge >= 0.3 is 0 Å². The first-order chi connectivity index (χ1) is 13.6. The zero-order valence-electron chi connectivity index (χ0n) is 15.2. The largest absolute Gasteiger partial charge is 0.353 e. The number of carbonyl (C=O) groups excluding carboxylic acids is 1. The highest BCUT2D eigenvalue weighted by atomic mass is 79.9. The number of nitrogens with zero attached hydrogens (tertiary/aromatic N) is 2. The maximum Gasteiger partial charge on any atom is 0.251 e. The van der Waals surface area contributed by atoms with E-state index in [4.69, 9.17) is 0 Å². The first-order valence-electron chi connectivity index (χ1n) is 9.21. The minimum atomic E-state index is -0.261. The van der Waals surface area contributed by atoms with Gasteiger partial charge in [0.15, 0.2) is 5.82 Å². The van der Waals surface area contributed by atoms with Crippen LogP contribution in [-0.4, -0.2) is 35.2 Å². The fourth-order valence-corrected chi connectivity index (χ4v) is 3.85. The molecule has 7 heteroatoms. The fraction of sp³-hybridized carbons (Fsp3) is 0.238. The number of H-pyrrole nitrogens is 1. The van der Waals surface area contributed by atoms with Gasteiger partial charge in [0.25, 0.3) is 5.91 Å². The quantitative estimate of drug-likeness (QED) is 0.630. The van der Waals surface area contributed by atoms with E-state index >= 15 is 0 Å². The number of carbonyl (C=O) groups is 1. The molecule has 0 aliphatic carbocycles. The Hall–Kier alpha value is -2.67. The molecule has 1 saturated heterocycles. The van der Waals surface area contributed by atoms with Gasteiger partial charge in [-0.1, -0.05) is 22.0 Å². The van der Waals surface area contributed by atoms with Crippen LogP contribution in [0.5, 0.6) is 0 Å². The molecular weight excluding hydrogens is 423 g/mol. The van der Waals surface area contributed by atoms with Crippen molar-refractivity contribution in [2.75, 3.05) is 18.0 Å². The van der Waals surface area contributed by atoms with Crippen molar-refractivity contribution in [3.8, 4) is 11.3 Å². The van der Waals surface area contributed by atoms with Crippen molar-refractivity contribution in [3.63, 3.8) is 0 Å². The number of hydrogen-bond acceptors (Lipinski definition) is 3. The fourth-order valence-electron chi connectivity index (χ4n) is 3.45. The highest BCUT2D eigenvalue weighted by Crippen LogP contribution is 2.24. The first kappa shape index (κ1) is 18.7. The highest BCUT2D eigenvalue weighted by Gasteiger charge is 2.23. The number of halogens is 2. The smallest absolute Gasteiger partial charge is 0.251 e. The van der Waals surface area contributed by atoms with Crippen molar-refractivity contribution in [1.82, 2.24) is 15.5 Å². The monoisotopic (exact) mass is 442 g/mol. The molecular formula is C21H20BrFN4O. The van der Waals surface area contributed by atoms with Crippen LogP contribution in [0.3, 0.4) is 0 Å². The van der Waals surface area contributed by atoms with Crippen LogP contribution < -0.4 is 10.2 Å². The van der Waals surface area contributed by atoms with Crippen LogP contribution >= 0.6 is 15.9 Å². The molecule has 0 saturated carbocycles. The van der Waals surface area contributed by atoms with E-state index in [0.717, 1.165) is 40.9 Å². The van der Waals surface area contributed by atoms with Gasteiger partial charge in [-0.2, -0.15) is 5.10 Å². The Bertz CT molecular complexity index is 973. The van der Waals surface area contributed by atoms with E-state index in [9.17, 15) is 9.18 Å². The van der Waals surface area contributed by atoms with E-state index in [1.165, 1.54) is 12.1 Å². The van der Waals surface area contributed by atoms with Gasteiger partial charge in [-0.3, -0.25) is 9.89 Å². The van der Waals surface area contributed by atoms with Crippen molar-refractivity contribution in [2.45, 2.75) is 18.9 Å². The average Bonchev–Trinajstić information content (AvgIpc) is 3.19. The van der Waals surface area contributed by atoms with Crippen LogP contribution in [-0.2, 0) is 0 Å². The van der Waals surface area contributed by atoms with E-state index in [1.807, 2.05) is 30.3 Å². The summed E-state index contributed by atoms with van der Waals surface area (Å²) in [5, 5.41) is 10.6. The lowest BCUT2D eigenvalue weighted by Crippen LogP contribution is -2.48. The molecule has 0 bridgehead atoms. The third-order valence-corrected chi connectivity index (χ3v) is 5.38. The number of aromatic amines is 1. The van der Waals surface area contributed by atoms with Crippen LogP contribution in [0.4, 0.5) is 10.2 Å². The molecule has 3 aromatic rings. The predicted molar refractivity (Wildman–Crippen MR) is 111 cm³/mol. The summed E-state index contributed by atoms with van der Waals surface area (Å²) in [7, 11) is 0. The number of anilines is 1. The molecule has 0 spiro atoms. The van der Waals surface area contributed by atoms with Gasteiger partial charge in [0.2, 0.25) is 0 Å². The van der Waals surface area contributed by atoms with Crippen LogP contribution in [0.2, 0.25) is 0 Å². The van der Waals surface area contributed by atoms with Crippen molar-refractivity contribution in [3.05, 3.63) is 70.5 Å². The molecule has 0 radical (unpaired) electrons. The third kappa shape index (κ3) is 4.25. The topological polar surface area (TPSA) is 61.0 Å². The lowest BCUT2D eigenvalue weighted by atomic mass is 10.0. The molecule has 1 amide bonds. The lowest BCUT2D eigenvalue weighted by molar-refractivity contribution is 0.0933. The van der Waals surface area contributed by atoms with Crippen molar-refractivity contribution >= 4 is 27.7 Å². The molecule has 2 heterocycles. The second kappa shape index (κ2) is 8.14. The summed E-state index contributed by atoms with van der Waals surface area (Å²) >= 11 is 3.40. The molecule has 1 aliphatic heterocycles. The van der Waals surface area contributed by atoms with Crippen molar-refractivity contribution in [1.29, 1.82) is 0 Å². The maximum absolute atomic E-state index is 13.1. The van der Waals surface area contributed by atoms with Gasteiger partial charge < -0.3 is 10.2 Å². The zero-order valence-corrected chi connectivity index (χ0v) is 16.7. The number of nitrogens with one attached hydrogen (secondary N) is 2. The van der Waals surface area contributed by atoms with Crippen LogP contribution in [0.1, 0.15) is 23.2 Å². The second-order valence-electron chi connectivity index (χ2n) is 6.92. The van der Waals surface area contributed by atoms with Gasteiger partial charge in [0.1, 0.15) is 5.82 Å². The summed E-state index contributed by atoms with van der Waals surface area (Å²) in [6.45, 7) is 1.59. The SMILES string of the molecule is O=C(NC1CCCN(c2cc(-c3ccc(F)cc3)[nH]n2)C1)c1cccc(Br)c1. The first-order valence-corrected chi connectivity index (χ1v) is 10.0. The maximum atomic E-state index is 13.1. The Morgan fingerprint density at radius 2 is 2.04 bits per heavy atom.